The number of nitrogens with zero attached hydrogens (tertiary/aromatic N) is 1. The molecule has 1 aliphatic carbocycles. The molecule has 0 heterocycles. The minimum Gasteiger partial charge on any atom is -0.357 e. The molecule has 1 fully saturated rings. The Balaban J connectivity index is 0.00000400. The number of hydrogen-bond acceptors (Lipinski definition) is 1. The van der Waals surface area contributed by atoms with Gasteiger partial charge in [-0.1, -0.05) is 26.2 Å². The second-order valence-corrected chi connectivity index (χ2v) is 5.53. The average molecular weight is 421 g/mol. The zero-order valence-corrected chi connectivity index (χ0v) is 15.1. The van der Waals surface area contributed by atoms with E-state index in [-0.39, 0.29) is 30.5 Å². The highest BCUT2D eigenvalue weighted by molar-refractivity contribution is 14.0. The van der Waals surface area contributed by atoms with Crippen LogP contribution in [-0.2, 0) is 0 Å². The Morgan fingerprint density at radius 3 is 2.43 bits per heavy atom. The Kier molecular flexibility index (Phi) is 10.4. The molecule has 126 valence electrons. The fourth-order valence-corrected chi connectivity index (χ4v) is 2.54. The van der Waals surface area contributed by atoms with E-state index in [0.29, 0.717) is 30.9 Å². The van der Waals surface area contributed by atoms with Crippen molar-refractivity contribution >= 4 is 29.9 Å². The minimum absolute atomic E-state index is 0. The Morgan fingerprint density at radius 1 is 1.19 bits per heavy atom. The summed E-state index contributed by atoms with van der Waals surface area (Å²) < 4.78 is 36.4. The third kappa shape index (κ3) is 9.42. The van der Waals surface area contributed by atoms with Crippen LogP contribution in [-0.4, -0.2) is 31.8 Å². The normalized spacial score (nSPS) is 23.4. The van der Waals surface area contributed by atoms with E-state index in [1.54, 1.807) is 0 Å². The number of nitrogens with one attached hydrogen (secondary N) is 2. The summed E-state index contributed by atoms with van der Waals surface area (Å²) in [5.41, 5.74) is 0. The van der Waals surface area contributed by atoms with Crippen molar-refractivity contribution in [3.63, 3.8) is 0 Å². The van der Waals surface area contributed by atoms with Crippen LogP contribution in [0, 0.1) is 11.8 Å². The van der Waals surface area contributed by atoms with E-state index < -0.39 is 12.6 Å². The topological polar surface area (TPSA) is 36.4 Å². The van der Waals surface area contributed by atoms with Gasteiger partial charge in [-0.25, -0.2) is 0 Å². The number of halogens is 4. The first-order valence-corrected chi connectivity index (χ1v) is 7.51. The zero-order chi connectivity index (χ0) is 15.0. The van der Waals surface area contributed by atoms with Gasteiger partial charge >= 0.3 is 6.18 Å². The molecule has 0 amide bonds. The van der Waals surface area contributed by atoms with Crippen LogP contribution in [0.1, 0.15) is 46.0 Å². The fraction of sp³-hybridized carbons (Fsp3) is 0.929. The number of alkyl halides is 3. The first-order valence-electron chi connectivity index (χ1n) is 7.51. The molecule has 0 spiro atoms. The van der Waals surface area contributed by atoms with Gasteiger partial charge in [-0.15, -0.1) is 24.0 Å². The van der Waals surface area contributed by atoms with Crippen LogP contribution in [0.15, 0.2) is 4.99 Å². The van der Waals surface area contributed by atoms with E-state index in [1.807, 2.05) is 6.92 Å². The van der Waals surface area contributed by atoms with Gasteiger partial charge < -0.3 is 10.6 Å². The van der Waals surface area contributed by atoms with Gasteiger partial charge in [0, 0.05) is 19.6 Å². The number of rotatable bonds is 5. The Morgan fingerprint density at radius 2 is 1.86 bits per heavy atom. The average Bonchev–Trinajstić information content (AvgIpc) is 2.36. The molecular formula is C14H27F3IN3. The predicted molar refractivity (Wildman–Crippen MR) is 91.2 cm³/mol. The lowest BCUT2D eigenvalue weighted by Crippen LogP contribution is -2.39. The fourth-order valence-electron chi connectivity index (χ4n) is 2.54. The molecule has 0 aliphatic heterocycles. The van der Waals surface area contributed by atoms with E-state index >= 15 is 0 Å². The quantitative estimate of drug-likeness (QED) is 0.401. The van der Waals surface area contributed by atoms with Crippen LogP contribution in [0.5, 0.6) is 0 Å². The maximum atomic E-state index is 12.1. The predicted octanol–water partition coefficient (Wildman–Crippen LogP) is 3.94. The van der Waals surface area contributed by atoms with E-state index in [0.717, 1.165) is 0 Å². The monoisotopic (exact) mass is 421 g/mol. The lowest BCUT2D eigenvalue weighted by Gasteiger charge is -2.27. The van der Waals surface area contributed by atoms with Crippen LogP contribution < -0.4 is 10.6 Å². The summed E-state index contributed by atoms with van der Waals surface area (Å²) in [6.45, 7) is 5.36. The summed E-state index contributed by atoms with van der Waals surface area (Å²) in [4.78, 5) is 4.43. The molecule has 0 radical (unpaired) electrons. The van der Waals surface area contributed by atoms with Gasteiger partial charge in [-0.3, -0.25) is 4.99 Å². The van der Waals surface area contributed by atoms with Gasteiger partial charge in [-0.05, 0) is 25.2 Å². The van der Waals surface area contributed by atoms with Crippen LogP contribution >= 0.6 is 24.0 Å². The largest absolute Gasteiger partial charge is 0.390 e. The third-order valence-corrected chi connectivity index (χ3v) is 3.82. The molecule has 0 bridgehead atoms. The van der Waals surface area contributed by atoms with Crippen molar-refractivity contribution < 1.29 is 13.2 Å². The molecular weight excluding hydrogens is 394 g/mol. The van der Waals surface area contributed by atoms with Crippen molar-refractivity contribution in [2.75, 3.05) is 19.6 Å². The molecule has 0 aromatic rings. The smallest absolute Gasteiger partial charge is 0.357 e. The molecule has 0 aromatic carbocycles. The van der Waals surface area contributed by atoms with Crippen LogP contribution in [0.2, 0.25) is 0 Å². The summed E-state index contributed by atoms with van der Waals surface area (Å²) in [5.74, 6) is 1.71. The van der Waals surface area contributed by atoms with Gasteiger partial charge in [0.2, 0.25) is 0 Å². The molecule has 0 saturated heterocycles. The Labute approximate surface area is 142 Å². The van der Waals surface area contributed by atoms with Gasteiger partial charge in [0.25, 0.3) is 0 Å². The highest BCUT2D eigenvalue weighted by atomic mass is 127. The molecule has 0 aromatic heterocycles. The summed E-state index contributed by atoms with van der Waals surface area (Å²) in [6.07, 6.45) is -0.0296. The Hall–Kier alpha value is -0.210. The second kappa shape index (κ2) is 10.5. The van der Waals surface area contributed by atoms with E-state index in [1.165, 1.54) is 25.7 Å². The second-order valence-electron chi connectivity index (χ2n) is 5.53. The highest BCUT2D eigenvalue weighted by Gasteiger charge is 2.26. The van der Waals surface area contributed by atoms with Gasteiger partial charge in [0.05, 0.1) is 6.42 Å². The lowest BCUT2D eigenvalue weighted by atomic mass is 9.80. The maximum Gasteiger partial charge on any atom is 0.390 e. The number of aliphatic imine (C=N–C) groups is 1. The highest BCUT2D eigenvalue weighted by Crippen LogP contribution is 2.29. The number of hydrogen-bond donors (Lipinski definition) is 2. The third-order valence-electron chi connectivity index (χ3n) is 3.82. The van der Waals surface area contributed by atoms with Crippen molar-refractivity contribution in [2.24, 2.45) is 16.8 Å². The molecule has 2 atom stereocenters. The minimum atomic E-state index is -4.12. The molecule has 1 aliphatic rings. The van der Waals surface area contributed by atoms with Crippen molar-refractivity contribution in [2.45, 2.75) is 52.1 Å². The summed E-state index contributed by atoms with van der Waals surface area (Å²) >= 11 is 0. The van der Waals surface area contributed by atoms with Crippen molar-refractivity contribution in [1.29, 1.82) is 0 Å². The van der Waals surface area contributed by atoms with Crippen molar-refractivity contribution in [3.05, 3.63) is 0 Å². The van der Waals surface area contributed by atoms with Crippen LogP contribution in [0.3, 0.4) is 0 Å². The molecule has 1 saturated carbocycles. The standard InChI is InChI=1S/C14H26F3N3.HI/c1-3-18-13(19-9-8-14(15,16)17)20-10-12-7-5-4-6-11(12)2;/h11-12H,3-10H2,1-2H3,(H2,18,19,20);1H. The zero-order valence-electron chi connectivity index (χ0n) is 12.8. The van der Waals surface area contributed by atoms with E-state index in [4.69, 9.17) is 0 Å². The molecule has 2 N–H and O–H groups in total. The molecule has 7 heteroatoms. The van der Waals surface area contributed by atoms with E-state index in [2.05, 4.69) is 22.5 Å². The molecule has 3 nitrogen and oxygen atoms in total. The van der Waals surface area contributed by atoms with E-state index in [9.17, 15) is 13.2 Å². The first kappa shape index (κ1) is 20.8. The summed E-state index contributed by atoms with van der Waals surface area (Å²) in [5, 5.41) is 5.75. The lowest BCUT2D eigenvalue weighted by molar-refractivity contribution is -0.132. The SMILES string of the molecule is CCNC(=NCC1CCCCC1C)NCCC(F)(F)F.I. The van der Waals surface area contributed by atoms with Crippen LogP contribution in [0.25, 0.3) is 0 Å². The summed E-state index contributed by atoms with van der Waals surface area (Å²) in [7, 11) is 0. The van der Waals surface area contributed by atoms with Gasteiger partial charge in [0.15, 0.2) is 5.96 Å². The van der Waals surface area contributed by atoms with Crippen molar-refractivity contribution in [1.82, 2.24) is 10.6 Å². The Bertz CT molecular complexity index is 308. The van der Waals surface area contributed by atoms with Crippen LogP contribution in [0.4, 0.5) is 13.2 Å². The molecule has 1 rings (SSSR count). The van der Waals surface area contributed by atoms with Gasteiger partial charge in [0.1, 0.15) is 0 Å². The summed E-state index contributed by atoms with van der Waals surface area (Å²) in [6, 6.07) is 0. The first-order chi connectivity index (χ1) is 9.42. The van der Waals surface area contributed by atoms with Crippen molar-refractivity contribution in [3.8, 4) is 0 Å². The number of guanidine groups is 1. The molecule has 21 heavy (non-hydrogen) atoms. The molecule has 2 unspecified atom stereocenters. The van der Waals surface area contributed by atoms with Gasteiger partial charge in [-0.2, -0.15) is 13.2 Å². The maximum absolute atomic E-state index is 12.1.